The Morgan fingerprint density at radius 2 is 2.32 bits per heavy atom. The van der Waals surface area contributed by atoms with Gasteiger partial charge in [-0.3, -0.25) is 0 Å². The highest BCUT2D eigenvalue weighted by atomic mass is 32.2. The molecule has 2 aliphatic heterocycles. The van der Waals surface area contributed by atoms with Gasteiger partial charge < -0.3 is 14.6 Å². The third kappa shape index (κ3) is 2.21. The van der Waals surface area contributed by atoms with Crippen LogP contribution in [-0.2, 0) is 0 Å². The first-order valence-electron chi connectivity index (χ1n) is 6.81. The average molecular weight is 280 g/mol. The van der Waals surface area contributed by atoms with Gasteiger partial charge in [-0.1, -0.05) is 0 Å². The summed E-state index contributed by atoms with van der Waals surface area (Å²) in [6.45, 7) is 2.21. The lowest BCUT2D eigenvalue weighted by Crippen LogP contribution is -2.50. The molecule has 2 heterocycles. The van der Waals surface area contributed by atoms with Gasteiger partial charge in [0.25, 0.3) is 0 Å². The predicted octanol–water partition coefficient (Wildman–Crippen LogP) is 3.17. The summed E-state index contributed by atoms with van der Waals surface area (Å²) in [5.74, 6) is 2.75. The predicted molar refractivity (Wildman–Crippen MR) is 77.1 cm³/mol. The molecule has 19 heavy (non-hydrogen) atoms. The minimum atomic E-state index is -0.434. The van der Waals surface area contributed by atoms with Crippen LogP contribution in [0, 0.1) is 0 Å². The number of aliphatic hydroxyl groups is 1. The zero-order chi connectivity index (χ0) is 13.5. The molecular formula is C15H20O3S. The molecule has 1 N–H and O–H groups in total. The molecule has 3 rings (SSSR count). The smallest absolute Gasteiger partial charge is 0.129 e. The zero-order valence-corrected chi connectivity index (χ0v) is 12.2. The van der Waals surface area contributed by atoms with Gasteiger partial charge in [0, 0.05) is 23.3 Å². The molecule has 1 aromatic carbocycles. The van der Waals surface area contributed by atoms with Crippen molar-refractivity contribution in [2.24, 2.45) is 0 Å². The van der Waals surface area contributed by atoms with Crippen LogP contribution in [0.4, 0.5) is 0 Å². The van der Waals surface area contributed by atoms with Crippen molar-refractivity contribution >= 4 is 11.8 Å². The van der Waals surface area contributed by atoms with E-state index < -0.39 is 6.10 Å². The molecule has 1 saturated heterocycles. The SMILES string of the molecule is COc1ccc2c(c1)OC1(CCCSC1C)C[C@H]2O. The van der Waals surface area contributed by atoms with E-state index in [-0.39, 0.29) is 5.60 Å². The van der Waals surface area contributed by atoms with Gasteiger partial charge in [-0.15, -0.1) is 0 Å². The Morgan fingerprint density at radius 3 is 3.05 bits per heavy atom. The van der Waals surface area contributed by atoms with Gasteiger partial charge >= 0.3 is 0 Å². The summed E-state index contributed by atoms with van der Waals surface area (Å²) in [5.41, 5.74) is 0.663. The average Bonchev–Trinajstić information content (AvgIpc) is 2.41. The third-order valence-electron chi connectivity index (χ3n) is 4.28. The van der Waals surface area contributed by atoms with Crippen molar-refractivity contribution in [3.8, 4) is 11.5 Å². The highest BCUT2D eigenvalue weighted by molar-refractivity contribution is 8.00. The number of thioether (sulfide) groups is 1. The molecule has 1 spiro atoms. The molecule has 0 radical (unpaired) electrons. The molecule has 1 fully saturated rings. The van der Waals surface area contributed by atoms with E-state index in [1.165, 1.54) is 5.75 Å². The summed E-state index contributed by atoms with van der Waals surface area (Å²) in [7, 11) is 1.65. The van der Waals surface area contributed by atoms with Gasteiger partial charge in [0.2, 0.25) is 0 Å². The van der Waals surface area contributed by atoms with Crippen LogP contribution in [0.1, 0.15) is 37.9 Å². The van der Waals surface area contributed by atoms with Gasteiger partial charge in [-0.2, -0.15) is 11.8 Å². The number of fused-ring (bicyclic) bond motifs is 1. The second-order valence-electron chi connectivity index (χ2n) is 5.41. The van der Waals surface area contributed by atoms with Crippen molar-refractivity contribution in [1.82, 2.24) is 0 Å². The molecular weight excluding hydrogens is 260 g/mol. The molecule has 0 aliphatic carbocycles. The van der Waals surface area contributed by atoms with E-state index in [0.717, 1.165) is 29.9 Å². The van der Waals surface area contributed by atoms with Gasteiger partial charge in [-0.05, 0) is 37.7 Å². The summed E-state index contributed by atoms with van der Waals surface area (Å²) in [6, 6.07) is 5.68. The van der Waals surface area contributed by atoms with Gasteiger partial charge in [0.15, 0.2) is 0 Å². The maximum absolute atomic E-state index is 10.4. The van der Waals surface area contributed by atoms with E-state index in [1.54, 1.807) is 7.11 Å². The lowest BCUT2D eigenvalue weighted by Gasteiger charge is -2.46. The lowest BCUT2D eigenvalue weighted by atomic mass is 9.83. The monoisotopic (exact) mass is 280 g/mol. The van der Waals surface area contributed by atoms with Gasteiger partial charge in [0.1, 0.15) is 17.1 Å². The Kier molecular flexibility index (Phi) is 3.39. The normalized spacial score (nSPS) is 33.6. The van der Waals surface area contributed by atoms with E-state index in [4.69, 9.17) is 9.47 Å². The number of benzene rings is 1. The Balaban J connectivity index is 1.97. The second-order valence-corrected chi connectivity index (χ2v) is 6.86. The Hall–Kier alpha value is -0.870. The number of methoxy groups -OCH3 is 1. The number of rotatable bonds is 1. The van der Waals surface area contributed by atoms with Crippen LogP contribution in [0.25, 0.3) is 0 Å². The maximum atomic E-state index is 10.4. The van der Waals surface area contributed by atoms with Crippen LogP contribution in [0.2, 0.25) is 0 Å². The quantitative estimate of drug-likeness (QED) is 0.857. The summed E-state index contributed by atoms with van der Waals surface area (Å²) in [4.78, 5) is 0. The summed E-state index contributed by atoms with van der Waals surface area (Å²) in [6.07, 6.45) is 2.44. The van der Waals surface area contributed by atoms with E-state index in [1.807, 2.05) is 30.0 Å². The Bertz CT molecular complexity index is 476. The van der Waals surface area contributed by atoms with Crippen molar-refractivity contribution in [3.05, 3.63) is 23.8 Å². The van der Waals surface area contributed by atoms with E-state index in [0.29, 0.717) is 11.7 Å². The number of ether oxygens (including phenoxy) is 2. The Morgan fingerprint density at radius 1 is 1.47 bits per heavy atom. The van der Waals surface area contributed by atoms with Crippen LogP contribution < -0.4 is 9.47 Å². The molecule has 3 atom stereocenters. The second kappa shape index (κ2) is 4.91. The highest BCUT2D eigenvalue weighted by Crippen LogP contribution is 2.48. The van der Waals surface area contributed by atoms with Crippen LogP contribution >= 0.6 is 11.8 Å². The van der Waals surface area contributed by atoms with Crippen LogP contribution in [0.5, 0.6) is 11.5 Å². The van der Waals surface area contributed by atoms with Crippen LogP contribution in [0.3, 0.4) is 0 Å². The molecule has 4 heteroatoms. The van der Waals surface area contributed by atoms with Gasteiger partial charge in [0.05, 0.1) is 13.2 Å². The fourth-order valence-corrected chi connectivity index (χ4v) is 4.32. The summed E-state index contributed by atoms with van der Waals surface area (Å²) >= 11 is 1.94. The van der Waals surface area contributed by atoms with Crippen LogP contribution in [-0.4, -0.2) is 28.8 Å². The fraction of sp³-hybridized carbons (Fsp3) is 0.600. The number of aliphatic hydroxyl groups excluding tert-OH is 1. The molecule has 104 valence electrons. The molecule has 0 saturated carbocycles. The zero-order valence-electron chi connectivity index (χ0n) is 11.4. The standard InChI is InChI=1S/C15H20O3S/c1-10-15(6-3-7-19-10)9-13(16)12-5-4-11(17-2)8-14(12)18-15/h4-5,8,10,13,16H,3,6-7,9H2,1-2H3/t10?,13-,15?/m1/s1. The molecule has 3 nitrogen and oxygen atoms in total. The van der Waals surface area contributed by atoms with Crippen molar-refractivity contribution in [2.45, 2.75) is 43.1 Å². The molecule has 0 aromatic heterocycles. The molecule has 0 amide bonds. The lowest BCUT2D eigenvalue weighted by molar-refractivity contribution is -0.0213. The minimum Gasteiger partial charge on any atom is -0.497 e. The molecule has 0 bridgehead atoms. The largest absolute Gasteiger partial charge is 0.497 e. The first-order valence-corrected chi connectivity index (χ1v) is 7.86. The third-order valence-corrected chi connectivity index (χ3v) is 5.74. The topological polar surface area (TPSA) is 38.7 Å². The molecule has 2 aliphatic rings. The maximum Gasteiger partial charge on any atom is 0.129 e. The van der Waals surface area contributed by atoms with Crippen LogP contribution in [0.15, 0.2) is 18.2 Å². The van der Waals surface area contributed by atoms with Crippen molar-refractivity contribution in [1.29, 1.82) is 0 Å². The van der Waals surface area contributed by atoms with E-state index in [2.05, 4.69) is 6.92 Å². The van der Waals surface area contributed by atoms with Crippen molar-refractivity contribution < 1.29 is 14.6 Å². The molecule has 2 unspecified atom stereocenters. The molecule has 1 aromatic rings. The van der Waals surface area contributed by atoms with Crippen molar-refractivity contribution in [2.75, 3.05) is 12.9 Å². The first-order chi connectivity index (χ1) is 9.14. The number of hydrogen-bond donors (Lipinski definition) is 1. The summed E-state index contributed by atoms with van der Waals surface area (Å²) < 4.78 is 11.6. The fourth-order valence-electron chi connectivity index (χ4n) is 3.09. The van der Waals surface area contributed by atoms with E-state index >= 15 is 0 Å². The number of hydrogen-bond acceptors (Lipinski definition) is 4. The van der Waals surface area contributed by atoms with E-state index in [9.17, 15) is 5.11 Å². The summed E-state index contributed by atoms with van der Waals surface area (Å²) in [5, 5.41) is 10.8. The van der Waals surface area contributed by atoms with Crippen molar-refractivity contribution in [3.63, 3.8) is 0 Å². The first kappa shape index (κ1) is 13.1. The highest BCUT2D eigenvalue weighted by Gasteiger charge is 2.46. The Labute approximate surface area is 118 Å². The minimum absolute atomic E-state index is 0.221. The van der Waals surface area contributed by atoms with Gasteiger partial charge in [-0.25, -0.2) is 0 Å².